The van der Waals surface area contributed by atoms with Crippen LogP contribution < -0.4 is 0 Å². The summed E-state index contributed by atoms with van der Waals surface area (Å²) in [5.41, 5.74) is 3.37. The molecule has 4 rings (SSSR count). The second kappa shape index (κ2) is 8.17. The van der Waals surface area contributed by atoms with E-state index in [0.717, 1.165) is 16.7 Å². The second-order valence-corrected chi connectivity index (χ2v) is 7.30. The molecule has 3 aromatic rings. The van der Waals surface area contributed by atoms with Crippen LogP contribution in [0.2, 0.25) is 5.02 Å². The van der Waals surface area contributed by atoms with Gasteiger partial charge >= 0.3 is 5.97 Å². The molecule has 1 heterocycles. The van der Waals surface area contributed by atoms with E-state index in [4.69, 9.17) is 16.3 Å². The van der Waals surface area contributed by atoms with Crippen molar-refractivity contribution < 1.29 is 9.53 Å². The number of carbonyl (C=O) groups is 1. The summed E-state index contributed by atoms with van der Waals surface area (Å²) >= 11 is 6.07. The molecule has 1 aliphatic heterocycles. The van der Waals surface area contributed by atoms with Crippen molar-refractivity contribution in [3.05, 3.63) is 107 Å². The molecule has 0 aromatic heterocycles. The van der Waals surface area contributed by atoms with Crippen LogP contribution in [-0.4, -0.2) is 23.5 Å². The molecule has 0 saturated carbocycles. The smallest absolute Gasteiger partial charge is 0.325 e. The molecule has 4 heteroatoms. The Morgan fingerprint density at radius 3 is 1.96 bits per heavy atom. The monoisotopic (exact) mass is 391 g/mol. The Hall–Kier alpha value is -2.62. The van der Waals surface area contributed by atoms with Gasteiger partial charge in [0.2, 0.25) is 0 Å². The zero-order valence-corrected chi connectivity index (χ0v) is 16.4. The van der Waals surface area contributed by atoms with Crippen LogP contribution in [0, 0.1) is 0 Å². The minimum Gasteiger partial charge on any atom is -0.465 e. The average Bonchev–Trinajstić information content (AvgIpc) is 3.46. The first-order valence-corrected chi connectivity index (χ1v) is 9.88. The van der Waals surface area contributed by atoms with Gasteiger partial charge in [-0.3, -0.25) is 9.69 Å². The highest BCUT2D eigenvalue weighted by Gasteiger charge is 2.57. The molecule has 0 amide bonds. The highest BCUT2D eigenvalue weighted by atomic mass is 35.5. The van der Waals surface area contributed by atoms with Crippen molar-refractivity contribution in [2.75, 3.05) is 6.61 Å². The van der Waals surface area contributed by atoms with Crippen LogP contribution in [0.4, 0.5) is 0 Å². The van der Waals surface area contributed by atoms with Gasteiger partial charge in [-0.1, -0.05) is 84.4 Å². The first kappa shape index (κ1) is 18.7. The second-order valence-electron chi connectivity index (χ2n) is 6.86. The summed E-state index contributed by atoms with van der Waals surface area (Å²) in [6.07, 6.45) is 0. The van der Waals surface area contributed by atoms with E-state index in [-0.39, 0.29) is 24.1 Å². The van der Waals surface area contributed by atoms with E-state index < -0.39 is 0 Å². The Bertz CT molecular complexity index is 888. The third-order valence-electron chi connectivity index (χ3n) is 5.12. The number of ether oxygens (including phenoxy) is 1. The van der Waals surface area contributed by atoms with Crippen LogP contribution in [0.1, 0.15) is 35.7 Å². The maximum absolute atomic E-state index is 12.7. The van der Waals surface area contributed by atoms with Gasteiger partial charge < -0.3 is 4.74 Å². The highest BCUT2D eigenvalue weighted by molar-refractivity contribution is 6.30. The fourth-order valence-corrected chi connectivity index (χ4v) is 4.00. The summed E-state index contributed by atoms with van der Waals surface area (Å²) in [6.45, 7) is 2.21. The Kier molecular flexibility index (Phi) is 5.47. The van der Waals surface area contributed by atoms with Gasteiger partial charge in [0, 0.05) is 5.02 Å². The molecule has 1 fully saturated rings. The lowest BCUT2D eigenvalue weighted by atomic mass is 9.98. The minimum absolute atomic E-state index is 0.0301. The van der Waals surface area contributed by atoms with Gasteiger partial charge in [0.25, 0.3) is 0 Å². The van der Waals surface area contributed by atoms with Crippen molar-refractivity contribution in [3.63, 3.8) is 0 Å². The van der Waals surface area contributed by atoms with E-state index in [1.165, 1.54) is 0 Å². The zero-order valence-electron chi connectivity index (χ0n) is 15.7. The minimum atomic E-state index is -0.313. The summed E-state index contributed by atoms with van der Waals surface area (Å²) in [7, 11) is 0. The molecule has 1 saturated heterocycles. The van der Waals surface area contributed by atoms with Crippen LogP contribution in [0.15, 0.2) is 84.9 Å². The Morgan fingerprint density at radius 1 is 0.929 bits per heavy atom. The molecule has 0 aliphatic carbocycles. The Morgan fingerprint density at radius 2 is 1.46 bits per heavy atom. The van der Waals surface area contributed by atoms with E-state index in [1.807, 2.05) is 67.6 Å². The summed E-state index contributed by atoms with van der Waals surface area (Å²) in [6, 6.07) is 27.9. The van der Waals surface area contributed by atoms with E-state index in [0.29, 0.717) is 11.6 Å². The largest absolute Gasteiger partial charge is 0.465 e. The lowest BCUT2D eigenvalue weighted by Gasteiger charge is -2.21. The highest BCUT2D eigenvalue weighted by Crippen LogP contribution is 2.52. The normalized spacial score (nSPS) is 20.8. The summed E-state index contributed by atoms with van der Waals surface area (Å²) < 4.78 is 5.39. The lowest BCUT2D eigenvalue weighted by molar-refractivity contribution is -0.143. The van der Waals surface area contributed by atoms with Gasteiger partial charge in [-0.05, 0) is 35.7 Å². The molecule has 3 atom stereocenters. The van der Waals surface area contributed by atoms with Crippen LogP contribution in [0.5, 0.6) is 0 Å². The average molecular weight is 392 g/mol. The van der Waals surface area contributed by atoms with E-state index in [2.05, 4.69) is 29.2 Å². The molecule has 0 radical (unpaired) electrons. The van der Waals surface area contributed by atoms with E-state index >= 15 is 0 Å². The van der Waals surface area contributed by atoms with Gasteiger partial charge in [0.15, 0.2) is 0 Å². The zero-order chi connectivity index (χ0) is 19.5. The fraction of sp³-hybridized carbons (Fsp3) is 0.208. The third-order valence-corrected chi connectivity index (χ3v) is 5.37. The Balaban J connectivity index is 1.76. The number of halogens is 1. The molecule has 1 aliphatic rings. The number of rotatable bonds is 6. The van der Waals surface area contributed by atoms with Crippen LogP contribution >= 0.6 is 11.6 Å². The van der Waals surface area contributed by atoms with Crippen molar-refractivity contribution in [3.8, 4) is 0 Å². The van der Waals surface area contributed by atoms with Crippen LogP contribution in [-0.2, 0) is 9.53 Å². The predicted molar refractivity (Wildman–Crippen MR) is 111 cm³/mol. The number of hydrogen-bond acceptors (Lipinski definition) is 3. The van der Waals surface area contributed by atoms with Gasteiger partial charge in [0.05, 0.1) is 18.7 Å². The predicted octanol–water partition coefficient (Wildman–Crippen LogP) is 5.42. The molecule has 0 spiro atoms. The molecule has 142 valence electrons. The van der Waals surface area contributed by atoms with Crippen molar-refractivity contribution >= 4 is 17.6 Å². The van der Waals surface area contributed by atoms with E-state index in [1.54, 1.807) is 0 Å². The topological polar surface area (TPSA) is 29.3 Å². The first-order chi connectivity index (χ1) is 13.7. The van der Waals surface area contributed by atoms with Crippen LogP contribution in [0.3, 0.4) is 0 Å². The fourth-order valence-electron chi connectivity index (χ4n) is 3.87. The van der Waals surface area contributed by atoms with Crippen molar-refractivity contribution in [2.45, 2.75) is 25.0 Å². The molecule has 3 aromatic carbocycles. The standard InChI is InChI=1S/C24H22ClNO2/c1-2-28-24(27)23-22(19-13-15-20(25)16-14-19)26(23)21(17-9-5-3-6-10-17)18-11-7-4-8-12-18/h3-16,21-23H,2H2,1H3/t22-,23+,26?/m0/s1. The van der Waals surface area contributed by atoms with Crippen molar-refractivity contribution in [2.24, 2.45) is 0 Å². The summed E-state index contributed by atoms with van der Waals surface area (Å²) in [5, 5.41) is 0.686. The summed E-state index contributed by atoms with van der Waals surface area (Å²) in [5.74, 6) is -0.181. The van der Waals surface area contributed by atoms with Gasteiger partial charge in [0.1, 0.15) is 6.04 Å². The number of hydrogen-bond donors (Lipinski definition) is 0. The Labute approximate surface area is 170 Å². The lowest BCUT2D eigenvalue weighted by Crippen LogP contribution is -2.20. The van der Waals surface area contributed by atoms with Crippen molar-refractivity contribution in [1.29, 1.82) is 0 Å². The maximum atomic E-state index is 12.7. The number of esters is 1. The van der Waals surface area contributed by atoms with Gasteiger partial charge in [-0.15, -0.1) is 0 Å². The molecule has 3 nitrogen and oxygen atoms in total. The molecule has 28 heavy (non-hydrogen) atoms. The first-order valence-electron chi connectivity index (χ1n) is 9.50. The molecular formula is C24H22ClNO2. The third kappa shape index (κ3) is 3.68. The van der Waals surface area contributed by atoms with Gasteiger partial charge in [-0.2, -0.15) is 0 Å². The maximum Gasteiger partial charge on any atom is 0.325 e. The molecular weight excluding hydrogens is 370 g/mol. The van der Waals surface area contributed by atoms with Crippen molar-refractivity contribution in [1.82, 2.24) is 4.90 Å². The molecule has 0 bridgehead atoms. The summed E-state index contributed by atoms with van der Waals surface area (Å²) in [4.78, 5) is 15.0. The van der Waals surface area contributed by atoms with E-state index in [9.17, 15) is 4.79 Å². The SMILES string of the molecule is CCOC(=O)[C@H]1[C@H](c2ccc(Cl)cc2)N1C(c1ccccc1)c1ccccc1. The number of carbonyl (C=O) groups excluding carboxylic acids is 1. The molecule has 1 unspecified atom stereocenters. The molecule has 0 N–H and O–H groups in total. The number of nitrogens with zero attached hydrogens (tertiary/aromatic N) is 1. The van der Waals surface area contributed by atoms with Crippen LogP contribution in [0.25, 0.3) is 0 Å². The number of benzene rings is 3. The van der Waals surface area contributed by atoms with Gasteiger partial charge in [-0.25, -0.2) is 0 Å². The quantitative estimate of drug-likeness (QED) is 0.415.